The first kappa shape index (κ1) is 22.9. The van der Waals surface area contributed by atoms with E-state index in [0.29, 0.717) is 0 Å². The molecule has 2 rings (SSSR count). The molecule has 0 unspecified atom stereocenters. The summed E-state index contributed by atoms with van der Waals surface area (Å²) in [4.78, 5) is 0. The maximum atomic E-state index is 12.6. The van der Waals surface area contributed by atoms with Crippen LogP contribution < -0.4 is 11.5 Å². The fourth-order valence-corrected chi connectivity index (χ4v) is 3.90. The van der Waals surface area contributed by atoms with Gasteiger partial charge in [-0.05, 0) is 48.2 Å². The highest BCUT2D eigenvalue weighted by Gasteiger charge is 2.31. The zero-order valence-corrected chi connectivity index (χ0v) is 15.8. The molecule has 160 valence electrons. The highest BCUT2D eigenvalue weighted by Crippen LogP contribution is 2.32. The Labute approximate surface area is 163 Å². The molecule has 0 bridgehead atoms. The summed E-state index contributed by atoms with van der Waals surface area (Å²) in [6.07, 6.45) is -9.29. The fraction of sp³-hybridized carbons (Fsp3) is 0.333. The van der Waals surface area contributed by atoms with Gasteiger partial charge in [0.2, 0.25) is 0 Å². The molecule has 0 radical (unpaired) electrons. The molecular weight excluding hydrogens is 422 g/mol. The van der Waals surface area contributed by atoms with Crippen LogP contribution in [-0.4, -0.2) is 19.9 Å². The first-order valence-corrected chi connectivity index (χ1v) is 10.1. The molecule has 4 N–H and O–H groups in total. The lowest BCUT2D eigenvalue weighted by atomic mass is 10.1. The zero-order chi connectivity index (χ0) is 22.0. The molecule has 2 aromatic carbocycles. The Morgan fingerprint density at radius 1 is 0.690 bits per heavy atom. The van der Waals surface area contributed by atoms with Crippen molar-refractivity contribution in [1.29, 1.82) is 0 Å². The molecule has 0 aromatic heterocycles. The van der Waals surface area contributed by atoms with Crippen LogP contribution in [0.2, 0.25) is 0 Å². The molecule has 0 fully saturated rings. The Morgan fingerprint density at radius 3 is 1.31 bits per heavy atom. The van der Waals surface area contributed by atoms with Crippen LogP contribution in [0.1, 0.15) is 22.3 Å². The number of hydrogen-bond acceptors (Lipinski definition) is 4. The topological polar surface area (TPSA) is 86.2 Å². The number of hydrogen-bond donors (Lipinski definition) is 2. The maximum Gasteiger partial charge on any atom is 0.416 e. The summed E-state index contributed by atoms with van der Waals surface area (Å²) in [5.41, 5.74) is 9.48. The molecule has 0 spiro atoms. The predicted octanol–water partition coefficient (Wildman–Crippen LogP) is 4.09. The molecule has 0 aliphatic rings. The van der Waals surface area contributed by atoms with Gasteiger partial charge in [0.15, 0.2) is 9.84 Å². The predicted molar refractivity (Wildman–Crippen MR) is 97.8 cm³/mol. The summed E-state index contributed by atoms with van der Waals surface area (Å²) < 4.78 is 100. The normalized spacial score (nSPS) is 12.9. The minimum absolute atomic E-state index is 0.0885. The van der Waals surface area contributed by atoms with Crippen molar-refractivity contribution in [2.45, 2.75) is 25.2 Å². The second-order valence-electron chi connectivity index (χ2n) is 6.47. The van der Waals surface area contributed by atoms with Gasteiger partial charge in [-0.25, -0.2) is 8.42 Å². The molecular formula is C18H18F6N2O2S. The lowest BCUT2D eigenvalue weighted by Crippen LogP contribution is -2.16. The first-order chi connectivity index (χ1) is 13.2. The lowest BCUT2D eigenvalue weighted by Gasteiger charge is -2.12. The number of aryl methyl sites for hydroxylation is 2. The van der Waals surface area contributed by atoms with Gasteiger partial charge in [0.1, 0.15) is 0 Å². The van der Waals surface area contributed by atoms with Crippen LogP contribution in [0.4, 0.5) is 37.7 Å². The van der Waals surface area contributed by atoms with Gasteiger partial charge >= 0.3 is 12.4 Å². The minimum atomic E-state index is -4.56. The number of benzene rings is 2. The highest BCUT2D eigenvalue weighted by molar-refractivity contribution is 7.91. The Morgan fingerprint density at radius 2 is 1.03 bits per heavy atom. The number of halogens is 6. The Balaban J connectivity index is 2.01. The second-order valence-corrected chi connectivity index (χ2v) is 8.78. The second kappa shape index (κ2) is 8.13. The van der Waals surface area contributed by atoms with Gasteiger partial charge in [-0.15, -0.1) is 0 Å². The van der Waals surface area contributed by atoms with Crippen molar-refractivity contribution in [2.24, 2.45) is 0 Å². The molecule has 4 nitrogen and oxygen atoms in total. The van der Waals surface area contributed by atoms with Crippen LogP contribution in [0.25, 0.3) is 0 Å². The number of rotatable bonds is 6. The third-order valence-electron chi connectivity index (χ3n) is 4.31. The van der Waals surface area contributed by atoms with Gasteiger partial charge in [0, 0.05) is 11.4 Å². The first-order valence-electron chi connectivity index (χ1n) is 8.31. The van der Waals surface area contributed by atoms with Crippen LogP contribution in [0.3, 0.4) is 0 Å². The zero-order valence-electron chi connectivity index (χ0n) is 14.9. The van der Waals surface area contributed by atoms with Crippen LogP contribution >= 0.6 is 0 Å². The fourth-order valence-electron chi connectivity index (χ4n) is 2.63. The van der Waals surface area contributed by atoms with E-state index in [1.165, 1.54) is 0 Å². The number of sulfone groups is 1. The van der Waals surface area contributed by atoms with Crippen molar-refractivity contribution < 1.29 is 34.8 Å². The molecule has 0 saturated carbocycles. The average Bonchev–Trinajstić information content (AvgIpc) is 2.58. The summed E-state index contributed by atoms with van der Waals surface area (Å²) in [5, 5.41) is 0. The van der Waals surface area contributed by atoms with Gasteiger partial charge < -0.3 is 11.5 Å². The highest BCUT2D eigenvalue weighted by atomic mass is 32.2. The van der Waals surface area contributed by atoms with Gasteiger partial charge in [-0.2, -0.15) is 26.3 Å². The maximum absolute atomic E-state index is 12.6. The van der Waals surface area contributed by atoms with E-state index in [1.54, 1.807) is 0 Å². The van der Waals surface area contributed by atoms with Gasteiger partial charge in [-0.3, -0.25) is 0 Å². The van der Waals surface area contributed by atoms with Crippen LogP contribution in [0.15, 0.2) is 36.4 Å². The number of nitrogen functional groups attached to an aromatic ring is 2. The number of anilines is 2. The molecule has 2 aromatic rings. The summed E-state index contributed by atoms with van der Waals surface area (Å²) in [7, 11) is -3.64. The van der Waals surface area contributed by atoms with Gasteiger partial charge in [-0.1, -0.05) is 12.1 Å². The van der Waals surface area contributed by atoms with Crippen molar-refractivity contribution in [2.75, 3.05) is 23.0 Å². The summed E-state index contributed by atoms with van der Waals surface area (Å²) >= 11 is 0. The Bertz CT molecular complexity index is 911. The Hall–Kier alpha value is -2.43. The summed E-state index contributed by atoms with van der Waals surface area (Å²) in [6.45, 7) is 0. The quantitative estimate of drug-likeness (QED) is 0.523. The minimum Gasteiger partial charge on any atom is -0.398 e. The summed E-state index contributed by atoms with van der Waals surface area (Å²) in [6, 6.07) is 5.38. The van der Waals surface area contributed by atoms with E-state index in [9.17, 15) is 34.8 Å². The van der Waals surface area contributed by atoms with Crippen LogP contribution in [0.5, 0.6) is 0 Å². The van der Waals surface area contributed by atoms with Crippen molar-refractivity contribution >= 4 is 21.2 Å². The summed E-state index contributed by atoms with van der Waals surface area (Å²) in [5.74, 6) is -0.744. The average molecular weight is 440 g/mol. The van der Waals surface area contributed by atoms with Crippen molar-refractivity contribution in [3.63, 3.8) is 0 Å². The van der Waals surface area contributed by atoms with Crippen molar-refractivity contribution in [1.82, 2.24) is 0 Å². The van der Waals surface area contributed by atoms with E-state index in [1.807, 2.05) is 0 Å². The van der Waals surface area contributed by atoms with Crippen molar-refractivity contribution in [3.8, 4) is 0 Å². The number of nitrogens with two attached hydrogens (primary N) is 2. The van der Waals surface area contributed by atoms with E-state index in [-0.39, 0.29) is 46.8 Å². The largest absolute Gasteiger partial charge is 0.416 e. The van der Waals surface area contributed by atoms with E-state index >= 15 is 0 Å². The van der Waals surface area contributed by atoms with Gasteiger partial charge in [0.05, 0.1) is 22.6 Å². The molecule has 0 heterocycles. The molecule has 0 amide bonds. The molecule has 0 saturated heterocycles. The SMILES string of the molecule is Nc1cc(C(F)(F)F)ccc1CCS(=O)(=O)CCc1ccc(C(F)(F)F)cc1N. The molecule has 0 atom stereocenters. The van der Waals surface area contributed by atoms with E-state index in [0.717, 1.165) is 36.4 Å². The van der Waals surface area contributed by atoms with Crippen LogP contribution in [0, 0.1) is 0 Å². The smallest absolute Gasteiger partial charge is 0.398 e. The third-order valence-corrected chi connectivity index (χ3v) is 5.96. The van der Waals surface area contributed by atoms with E-state index in [4.69, 9.17) is 11.5 Å². The van der Waals surface area contributed by atoms with E-state index < -0.39 is 33.3 Å². The third kappa shape index (κ3) is 6.28. The Kier molecular flexibility index (Phi) is 6.41. The molecule has 0 aliphatic heterocycles. The van der Waals surface area contributed by atoms with Crippen LogP contribution in [-0.2, 0) is 35.0 Å². The molecule has 29 heavy (non-hydrogen) atoms. The van der Waals surface area contributed by atoms with E-state index in [2.05, 4.69) is 0 Å². The molecule has 11 heteroatoms. The molecule has 0 aliphatic carbocycles. The van der Waals surface area contributed by atoms with Gasteiger partial charge in [0.25, 0.3) is 0 Å². The monoisotopic (exact) mass is 440 g/mol. The lowest BCUT2D eigenvalue weighted by molar-refractivity contribution is -0.138. The van der Waals surface area contributed by atoms with Crippen molar-refractivity contribution in [3.05, 3.63) is 58.7 Å². The number of alkyl halides is 6. The standard InChI is InChI=1S/C18H18F6N2O2S/c19-17(20,21)13-3-1-11(15(25)9-13)5-7-29(27,28)8-6-12-2-4-14(10-16(12)26)18(22,23)24/h1-4,9-10H,5-8,25-26H2.